The van der Waals surface area contributed by atoms with Gasteiger partial charge in [0, 0.05) is 39.7 Å². The van der Waals surface area contributed by atoms with E-state index in [0.29, 0.717) is 46.5 Å². The summed E-state index contributed by atoms with van der Waals surface area (Å²) in [5.41, 5.74) is 1.61. The quantitative estimate of drug-likeness (QED) is 0.373. The summed E-state index contributed by atoms with van der Waals surface area (Å²) in [6.45, 7) is 2.53. The van der Waals surface area contributed by atoms with E-state index >= 15 is 0 Å². The maximum atomic E-state index is 12.8. The molecule has 8 heteroatoms. The molecule has 1 heterocycles. The fraction of sp³-hybridized carbons (Fsp3) is 0.391. The van der Waals surface area contributed by atoms with Crippen LogP contribution in [0, 0.1) is 0 Å². The molecule has 0 saturated carbocycles. The van der Waals surface area contributed by atoms with Gasteiger partial charge >= 0.3 is 5.97 Å². The van der Waals surface area contributed by atoms with Crippen molar-refractivity contribution in [3.63, 3.8) is 0 Å². The highest BCUT2D eigenvalue weighted by atomic mass is 35.5. The fourth-order valence-corrected chi connectivity index (χ4v) is 3.77. The molecule has 166 valence electrons. The number of carbonyl (C=O) groups excluding carboxylic acids is 2. The molecule has 2 aromatic rings. The zero-order valence-corrected chi connectivity index (χ0v) is 18.7. The van der Waals surface area contributed by atoms with Crippen LogP contribution in [-0.4, -0.2) is 42.2 Å². The Balaban J connectivity index is 1.76. The first-order valence-corrected chi connectivity index (χ1v) is 10.9. The van der Waals surface area contributed by atoms with Crippen molar-refractivity contribution >= 4 is 40.6 Å². The molecule has 2 N–H and O–H groups in total. The molecule has 1 aliphatic rings. The Bertz CT molecular complexity index is 932. The van der Waals surface area contributed by atoms with Crippen molar-refractivity contribution in [2.75, 3.05) is 18.5 Å². The molecule has 0 bridgehead atoms. The number of anilines is 1. The third-order valence-electron chi connectivity index (χ3n) is 5.01. The van der Waals surface area contributed by atoms with E-state index < -0.39 is 12.1 Å². The summed E-state index contributed by atoms with van der Waals surface area (Å²) >= 11 is 12.4. The van der Waals surface area contributed by atoms with E-state index in [0.717, 1.165) is 0 Å². The highest BCUT2D eigenvalue weighted by molar-refractivity contribution is 6.31. The molecule has 0 aliphatic carbocycles. The van der Waals surface area contributed by atoms with Gasteiger partial charge in [-0.05, 0) is 37.6 Å². The number of carbonyl (C=O) groups is 2. The summed E-state index contributed by atoms with van der Waals surface area (Å²) in [6, 6.07) is 11.5. The van der Waals surface area contributed by atoms with Crippen LogP contribution in [0.4, 0.5) is 5.69 Å². The molecule has 6 nitrogen and oxygen atoms in total. The molecule has 0 spiro atoms. The molecular formula is C23H25Cl2NO5. The number of Topliss-reactive ketones (excluding diaryl/α,β-unsaturated/α-hetero) is 1. The molecule has 3 rings (SSSR count). The van der Waals surface area contributed by atoms with E-state index in [1.807, 2.05) is 0 Å². The van der Waals surface area contributed by atoms with Crippen LogP contribution in [-0.2, 0) is 19.1 Å². The molecular weight excluding hydrogens is 441 g/mol. The minimum absolute atomic E-state index is 0.0695. The summed E-state index contributed by atoms with van der Waals surface area (Å²) in [5, 5.41) is 15.1. The van der Waals surface area contributed by atoms with Crippen molar-refractivity contribution in [3.05, 3.63) is 63.6 Å². The number of epoxide rings is 1. The fourth-order valence-electron chi connectivity index (χ4n) is 3.35. The zero-order chi connectivity index (χ0) is 22.4. The Kier molecular flexibility index (Phi) is 8.32. The number of halogens is 2. The van der Waals surface area contributed by atoms with Gasteiger partial charge in [-0.2, -0.15) is 0 Å². The minimum atomic E-state index is -1.03. The minimum Gasteiger partial charge on any atom is -0.466 e. The summed E-state index contributed by atoms with van der Waals surface area (Å²) in [5.74, 6) is -0.384. The van der Waals surface area contributed by atoms with Gasteiger partial charge in [0.2, 0.25) is 0 Å². The maximum Gasteiger partial charge on any atom is 0.305 e. The van der Waals surface area contributed by atoms with Crippen LogP contribution in [0.3, 0.4) is 0 Å². The second kappa shape index (κ2) is 11.0. The molecule has 0 aromatic heterocycles. The van der Waals surface area contributed by atoms with Crippen LogP contribution in [0.25, 0.3) is 0 Å². The van der Waals surface area contributed by atoms with Crippen molar-refractivity contribution in [1.82, 2.24) is 0 Å². The van der Waals surface area contributed by atoms with Gasteiger partial charge in [0.05, 0.1) is 13.2 Å². The van der Waals surface area contributed by atoms with Crippen molar-refractivity contribution in [3.8, 4) is 0 Å². The molecule has 3 unspecified atom stereocenters. The monoisotopic (exact) mass is 465 g/mol. The number of ether oxygens (including phenoxy) is 2. The number of rotatable bonds is 11. The van der Waals surface area contributed by atoms with Crippen LogP contribution in [0.2, 0.25) is 10.0 Å². The normalized spacial score (nSPS) is 17.0. The molecule has 0 amide bonds. The number of hydrogen-bond acceptors (Lipinski definition) is 6. The van der Waals surface area contributed by atoms with E-state index in [4.69, 9.17) is 32.7 Å². The maximum absolute atomic E-state index is 12.8. The number of benzene rings is 2. The Hall–Kier alpha value is -2.12. The Labute approximate surface area is 191 Å². The molecule has 1 fully saturated rings. The number of ketones is 1. The smallest absolute Gasteiger partial charge is 0.305 e. The van der Waals surface area contributed by atoms with E-state index in [9.17, 15) is 14.7 Å². The van der Waals surface area contributed by atoms with Gasteiger partial charge in [-0.1, -0.05) is 41.4 Å². The lowest BCUT2D eigenvalue weighted by atomic mass is 9.98. The van der Waals surface area contributed by atoms with Gasteiger partial charge < -0.3 is 19.9 Å². The van der Waals surface area contributed by atoms with Crippen LogP contribution in [0.5, 0.6) is 0 Å². The summed E-state index contributed by atoms with van der Waals surface area (Å²) in [4.78, 5) is 24.4. The van der Waals surface area contributed by atoms with Gasteiger partial charge in [0.25, 0.3) is 0 Å². The Morgan fingerprint density at radius 1 is 1.19 bits per heavy atom. The number of esters is 1. The number of aliphatic hydroxyl groups excluding tert-OH is 1. The third kappa shape index (κ3) is 6.43. The van der Waals surface area contributed by atoms with Crippen molar-refractivity contribution in [2.45, 2.75) is 44.4 Å². The SMILES string of the molecule is CCOC(=O)CCCC(=O)C(Nc1ccc(Cl)cc1C(O)c1ccccc1Cl)C1CO1. The Morgan fingerprint density at radius 3 is 2.61 bits per heavy atom. The van der Waals surface area contributed by atoms with Crippen LogP contribution in [0.15, 0.2) is 42.5 Å². The first-order chi connectivity index (χ1) is 14.9. The average molecular weight is 466 g/mol. The highest BCUT2D eigenvalue weighted by Crippen LogP contribution is 2.35. The average Bonchev–Trinajstić information content (AvgIpc) is 3.58. The van der Waals surface area contributed by atoms with E-state index in [1.54, 1.807) is 49.4 Å². The number of hydrogen-bond donors (Lipinski definition) is 2. The van der Waals surface area contributed by atoms with Crippen LogP contribution in [0.1, 0.15) is 43.4 Å². The second-order valence-electron chi connectivity index (χ2n) is 7.27. The summed E-state index contributed by atoms with van der Waals surface area (Å²) < 4.78 is 10.3. The standard InChI is InChI=1S/C23H25Cl2NO5/c1-2-30-21(28)9-5-8-19(27)22(20-13-31-20)26-18-11-10-14(24)12-16(18)23(29)15-6-3-4-7-17(15)25/h3-4,6-7,10-12,20,22-23,26,29H,2,5,8-9,13H2,1H3. The third-order valence-corrected chi connectivity index (χ3v) is 5.59. The van der Waals surface area contributed by atoms with E-state index in [2.05, 4.69) is 5.32 Å². The van der Waals surface area contributed by atoms with Crippen molar-refractivity contribution < 1.29 is 24.2 Å². The Morgan fingerprint density at radius 2 is 1.94 bits per heavy atom. The lowest BCUT2D eigenvalue weighted by Gasteiger charge is -2.22. The molecule has 1 saturated heterocycles. The van der Waals surface area contributed by atoms with Gasteiger partial charge in [0.15, 0.2) is 5.78 Å². The van der Waals surface area contributed by atoms with Gasteiger partial charge in [-0.25, -0.2) is 0 Å². The number of nitrogens with one attached hydrogen (secondary N) is 1. The molecule has 1 aliphatic heterocycles. The molecule has 3 atom stereocenters. The lowest BCUT2D eigenvalue weighted by Crippen LogP contribution is -2.35. The first kappa shape index (κ1) is 23.5. The van der Waals surface area contributed by atoms with Crippen molar-refractivity contribution in [1.29, 1.82) is 0 Å². The van der Waals surface area contributed by atoms with Crippen LogP contribution >= 0.6 is 23.2 Å². The van der Waals surface area contributed by atoms with Crippen molar-refractivity contribution in [2.24, 2.45) is 0 Å². The molecule has 2 aromatic carbocycles. The predicted molar refractivity (Wildman–Crippen MR) is 120 cm³/mol. The molecule has 0 radical (unpaired) electrons. The van der Waals surface area contributed by atoms with Gasteiger partial charge in [-0.3, -0.25) is 9.59 Å². The zero-order valence-electron chi connectivity index (χ0n) is 17.1. The van der Waals surface area contributed by atoms with Gasteiger partial charge in [0.1, 0.15) is 18.2 Å². The summed E-state index contributed by atoms with van der Waals surface area (Å²) in [7, 11) is 0. The predicted octanol–water partition coefficient (Wildman–Crippen LogP) is 4.56. The van der Waals surface area contributed by atoms with Crippen LogP contribution < -0.4 is 5.32 Å². The first-order valence-electron chi connectivity index (χ1n) is 10.2. The largest absolute Gasteiger partial charge is 0.466 e. The topological polar surface area (TPSA) is 88.2 Å². The van der Waals surface area contributed by atoms with E-state index in [1.165, 1.54) is 0 Å². The highest BCUT2D eigenvalue weighted by Gasteiger charge is 2.38. The lowest BCUT2D eigenvalue weighted by molar-refractivity contribution is -0.143. The molecule has 31 heavy (non-hydrogen) atoms. The van der Waals surface area contributed by atoms with Gasteiger partial charge in [-0.15, -0.1) is 0 Å². The second-order valence-corrected chi connectivity index (χ2v) is 8.12. The number of aliphatic hydroxyl groups is 1. The summed E-state index contributed by atoms with van der Waals surface area (Å²) in [6.07, 6.45) is -0.481. The van der Waals surface area contributed by atoms with E-state index in [-0.39, 0.29) is 30.7 Å².